The smallest absolute Gasteiger partial charge is 0.349 e. The fourth-order valence-corrected chi connectivity index (χ4v) is 3.72. The Kier molecular flexibility index (Phi) is 4.92. The van der Waals surface area contributed by atoms with Crippen LogP contribution in [0.4, 0.5) is 5.00 Å². The van der Waals surface area contributed by atoms with Crippen LogP contribution in [-0.2, 0) is 4.74 Å². The molecular formula is C21H14N2O5S. The van der Waals surface area contributed by atoms with Crippen LogP contribution >= 0.6 is 11.3 Å². The molecule has 0 aliphatic rings. The lowest BCUT2D eigenvalue weighted by molar-refractivity contribution is -0.380. The molecule has 2 heterocycles. The number of Topliss-reactive ketones (excluding diaryl/α,β-unsaturated/α-hetero) is 1. The molecule has 1 N–H and O–H groups in total. The molecule has 29 heavy (non-hydrogen) atoms. The second kappa shape index (κ2) is 7.69. The lowest BCUT2D eigenvalue weighted by atomic mass is 9.99. The van der Waals surface area contributed by atoms with Crippen molar-refractivity contribution >= 4 is 39.0 Å². The first-order chi connectivity index (χ1) is 14.0. The number of esters is 1. The van der Waals surface area contributed by atoms with E-state index in [1.807, 2.05) is 24.3 Å². The minimum Gasteiger partial charge on any atom is -0.445 e. The third-order valence-corrected chi connectivity index (χ3v) is 5.41. The maximum absolute atomic E-state index is 13.3. The van der Waals surface area contributed by atoms with Crippen LogP contribution in [0.25, 0.3) is 10.9 Å². The second-order valence-electron chi connectivity index (χ2n) is 6.20. The molecule has 0 aliphatic heterocycles. The number of ketones is 1. The highest BCUT2D eigenvalue weighted by atomic mass is 32.1. The van der Waals surface area contributed by atoms with Gasteiger partial charge in [0.15, 0.2) is 6.10 Å². The number of hydrogen-bond donors (Lipinski definition) is 1. The van der Waals surface area contributed by atoms with E-state index in [1.54, 1.807) is 36.5 Å². The number of aromatic amines is 1. The van der Waals surface area contributed by atoms with E-state index < -0.39 is 17.0 Å². The summed E-state index contributed by atoms with van der Waals surface area (Å²) in [6.07, 6.45) is 0.413. The topological polar surface area (TPSA) is 102 Å². The van der Waals surface area contributed by atoms with Crippen molar-refractivity contribution < 1.29 is 19.2 Å². The molecule has 0 fully saturated rings. The van der Waals surface area contributed by atoms with Crippen molar-refractivity contribution in [3.05, 3.63) is 99.0 Å². The summed E-state index contributed by atoms with van der Waals surface area (Å²) in [5, 5.41) is 11.4. The highest BCUT2D eigenvalue weighted by molar-refractivity contribution is 7.17. The average molecular weight is 406 g/mol. The van der Waals surface area contributed by atoms with E-state index >= 15 is 0 Å². The first kappa shape index (κ1) is 18.6. The molecule has 0 saturated heterocycles. The maximum Gasteiger partial charge on any atom is 0.349 e. The number of H-pyrrole nitrogens is 1. The van der Waals surface area contributed by atoms with Crippen molar-refractivity contribution in [1.82, 2.24) is 4.98 Å². The predicted octanol–water partition coefficient (Wildman–Crippen LogP) is 4.92. The number of carbonyl (C=O) groups excluding carboxylic acids is 2. The van der Waals surface area contributed by atoms with Crippen LogP contribution in [0.2, 0.25) is 0 Å². The van der Waals surface area contributed by atoms with Crippen LogP contribution < -0.4 is 0 Å². The summed E-state index contributed by atoms with van der Waals surface area (Å²) < 4.78 is 5.54. The normalized spacial score (nSPS) is 11.9. The number of aromatic nitrogens is 1. The number of rotatable bonds is 6. The molecule has 0 amide bonds. The first-order valence-corrected chi connectivity index (χ1v) is 9.46. The standard InChI is InChI=1S/C21H14N2O5S/c24-19(15-12-22-16-9-5-4-8-14(15)16)20(13-6-2-1-3-7-13)28-21(25)17-10-11-18(29-17)23(26)27/h1-12,20,22H/t20-/m0/s1. The Labute approximate surface area is 168 Å². The molecule has 2 aromatic carbocycles. The quantitative estimate of drug-likeness (QED) is 0.212. The van der Waals surface area contributed by atoms with Crippen molar-refractivity contribution in [2.45, 2.75) is 6.10 Å². The summed E-state index contributed by atoms with van der Waals surface area (Å²) in [5.41, 5.74) is 1.71. The lowest BCUT2D eigenvalue weighted by Gasteiger charge is -2.16. The summed E-state index contributed by atoms with van der Waals surface area (Å²) in [7, 11) is 0. The average Bonchev–Trinajstić information content (AvgIpc) is 3.39. The van der Waals surface area contributed by atoms with E-state index in [9.17, 15) is 19.7 Å². The van der Waals surface area contributed by atoms with Crippen molar-refractivity contribution in [2.75, 3.05) is 0 Å². The van der Waals surface area contributed by atoms with Crippen LogP contribution in [0.5, 0.6) is 0 Å². The molecule has 2 aromatic heterocycles. The van der Waals surface area contributed by atoms with Crippen LogP contribution in [-0.4, -0.2) is 21.7 Å². The Morgan fingerprint density at radius 3 is 2.45 bits per heavy atom. The summed E-state index contributed by atoms with van der Waals surface area (Å²) in [4.78, 5) is 39.3. The highest BCUT2D eigenvalue weighted by Crippen LogP contribution is 2.30. The van der Waals surface area contributed by atoms with Crippen molar-refractivity contribution in [3.8, 4) is 0 Å². The molecule has 8 heteroatoms. The van der Waals surface area contributed by atoms with Crippen molar-refractivity contribution in [3.63, 3.8) is 0 Å². The van der Waals surface area contributed by atoms with Gasteiger partial charge in [-0.2, -0.15) is 0 Å². The van der Waals surface area contributed by atoms with Gasteiger partial charge in [0.1, 0.15) is 4.88 Å². The number of nitrogens with zero attached hydrogens (tertiary/aromatic N) is 1. The third kappa shape index (κ3) is 3.65. The number of hydrogen-bond acceptors (Lipinski definition) is 6. The Balaban J connectivity index is 1.69. The zero-order valence-electron chi connectivity index (χ0n) is 14.9. The van der Waals surface area contributed by atoms with Gasteiger partial charge < -0.3 is 9.72 Å². The number of ether oxygens (including phenoxy) is 1. The molecule has 7 nitrogen and oxygen atoms in total. The number of nitro groups is 1. The molecule has 0 bridgehead atoms. The van der Waals surface area contributed by atoms with E-state index in [-0.39, 0.29) is 15.7 Å². The molecule has 0 spiro atoms. The molecule has 144 valence electrons. The molecule has 1 atom stereocenters. The van der Waals surface area contributed by atoms with E-state index in [1.165, 1.54) is 12.1 Å². The summed E-state index contributed by atoms with van der Waals surface area (Å²) in [6, 6.07) is 18.6. The van der Waals surface area contributed by atoms with E-state index in [0.717, 1.165) is 10.9 Å². The maximum atomic E-state index is 13.3. The Morgan fingerprint density at radius 2 is 1.72 bits per heavy atom. The van der Waals surface area contributed by atoms with Gasteiger partial charge in [-0.3, -0.25) is 14.9 Å². The van der Waals surface area contributed by atoms with Gasteiger partial charge in [-0.15, -0.1) is 0 Å². The molecule has 0 unspecified atom stereocenters. The minimum atomic E-state index is -1.18. The SMILES string of the molecule is O=C(O[C@H](C(=O)c1c[nH]c2ccccc12)c1ccccc1)c1ccc([N+](=O)[O-])s1. The largest absolute Gasteiger partial charge is 0.445 e. The van der Waals surface area contributed by atoms with Gasteiger partial charge in [-0.05, 0) is 12.1 Å². The van der Waals surface area contributed by atoms with Crippen LogP contribution in [0.3, 0.4) is 0 Å². The summed E-state index contributed by atoms with van der Waals surface area (Å²) >= 11 is 0.707. The van der Waals surface area contributed by atoms with Gasteiger partial charge in [-0.25, -0.2) is 4.79 Å². The third-order valence-electron chi connectivity index (χ3n) is 4.39. The lowest BCUT2D eigenvalue weighted by Crippen LogP contribution is -2.19. The van der Waals surface area contributed by atoms with Gasteiger partial charge in [0.05, 0.1) is 4.92 Å². The van der Waals surface area contributed by atoms with E-state index in [0.29, 0.717) is 22.5 Å². The van der Waals surface area contributed by atoms with E-state index in [2.05, 4.69) is 4.98 Å². The molecule has 4 aromatic rings. The molecule has 0 aliphatic carbocycles. The number of fused-ring (bicyclic) bond motifs is 1. The van der Waals surface area contributed by atoms with E-state index in [4.69, 9.17) is 4.74 Å². The summed E-state index contributed by atoms with van der Waals surface area (Å²) in [6.45, 7) is 0. The highest BCUT2D eigenvalue weighted by Gasteiger charge is 2.29. The van der Waals surface area contributed by atoms with Gasteiger partial charge in [0, 0.05) is 34.3 Å². The van der Waals surface area contributed by atoms with Crippen LogP contribution in [0.15, 0.2) is 72.9 Å². The molecule has 4 rings (SSSR count). The number of carbonyl (C=O) groups is 2. The first-order valence-electron chi connectivity index (χ1n) is 8.65. The van der Waals surface area contributed by atoms with Gasteiger partial charge >= 0.3 is 11.0 Å². The monoisotopic (exact) mass is 406 g/mol. The van der Waals surface area contributed by atoms with Gasteiger partial charge in [0.25, 0.3) is 0 Å². The van der Waals surface area contributed by atoms with Crippen molar-refractivity contribution in [1.29, 1.82) is 0 Å². The van der Waals surface area contributed by atoms with Crippen LogP contribution in [0, 0.1) is 10.1 Å². The Morgan fingerprint density at radius 1 is 1.00 bits per heavy atom. The predicted molar refractivity (Wildman–Crippen MR) is 108 cm³/mol. The van der Waals surface area contributed by atoms with Gasteiger partial charge in [0.2, 0.25) is 5.78 Å². The van der Waals surface area contributed by atoms with Gasteiger partial charge in [-0.1, -0.05) is 59.9 Å². The Bertz CT molecular complexity index is 1210. The Hall–Kier alpha value is -3.78. The fraction of sp³-hybridized carbons (Fsp3) is 0.0476. The zero-order chi connectivity index (χ0) is 20.4. The number of para-hydroxylation sites is 1. The van der Waals surface area contributed by atoms with Crippen LogP contribution in [0.1, 0.15) is 31.7 Å². The van der Waals surface area contributed by atoms with Crippen molar-refractivity contribution in [2.24, 2.45) is 0 Å². The number of thiophene rings is 1. The minimum absolute atomic E-state index is 0.0596. The molecule has 0 saturated carbocycles. The number of nitrogens with one attached hydrogen (secondary N) is 1. The zero-order valence-corrected chi connectivity index (χ0v) is 15.7. The summed E-state index contributed by atoms with van der Waals surface area (Å²) in [5.74, 6) is -1.17. The molecular weight excluding hydrogens is 392 g/mol. The molecule has 0 radical (unpaired) electrons. The number of benzene rings is 2. The fourth-order valence-electron chi connectivity index (χ4n) is 3.02. The second-order valence-corrected chi connectivity index (χ2v) is 7.27.